The molecule has 0 bridgehead atoms. The van der Waals surface area contributed by atoms with E-state index < -0.39 is 5.92 Å². The largest absolute Gasteiger partial charge is 0.384 e. The molecule has 1 unspecified atom stereocenters. The Bertz CT molecular complexity index is 1520. The average Bonchev–Trinajstić information content (AvgIpc) is 3.37. The molecule has 1 amide bonds. The minimum Gasteiger partial charge on any atom is -0.384 e. The molecule has 192 valence electrons. The van der Waals surface area contributed by atoms with Crippen molar-refractivity contribution in [1.29, 1.82) is 5.26 Å². The van der Waals surface area contributed by atoms with E-state index in [0.29, 0.717) is 39.3 Å². The Labute approximate surface area is 233 Å². The molecule has 0 radical (unpaired) electrons. The number of aryl methyl sites for hydroxylation is 1. The number of carbonyl (C=O) groups is 2. The Morgan fingerprint density at radius 3 is 2.74 bits per heavy atom. The SMILES string of the molecule is Cc1ccccc1NC(=O)CSc1nnc(N2C(N)=C(C#N)C(c3ccc(Cl)cc3)C3=C2CCCC3=O)s1. The van der Waals surface area contributed by atoms with Gasteiger partial charge in [-0.1, -0.05) is 65.0 Å². The number of nitrogens with zero attached hydrogens (tertiary/aromatic N) is 4. The number of thioether (sulfide) groups is 1. The lowest BCUT2D eigenvalue weighted by molar-refractivity contribution is -0.116. The highest BCUT2D eigenvalue weighted by atomic mass is 35.5. The van der Waals surface area contributed by atoms with E-state index in [9.17, 15) is 14.9 Å². The van der Waals surface area contributed by atoms with E-state index in [1.165, 1.54) is 23.1 Å². The average molecular weight is 563 g/mol. The highest BCUT2D eigenvalue weighted by Gasteiger charge is 2.41. The van der Waals surface area contributed by atoms with Crippen LogP contribution in [0, 0.1) is 18.3 Å². The lowest BCUT2D eigenvalue weighted by atomic mass is 9.76. The van der Waals surface area contributed by atoms with Crippen molar-refractivity contribution in [1.82, 2.24) is 10.2 Å². The highest BCUT2D eigenvalue weighted by Crippen LogP contribution is 2.47. The Hall–Kier alpha value is -3.65. The van der Waals surface area contributed by atoms with Crippen molar-refractivity contribution in [3.05, 3.63) is 87.3 Å². The Morgan fingerprint density at radius 1 is 1.24 bits per heavy atom. The van der Waals surface area contributed by atoms with Crippen molar-refractivity contribution in [2.45, 2.75) is 36.4 Å². The third-order valence-electron chi connectivity index (χ3n) is 6.45. The van der Waals surface area contributed by atoms with Crippen LogP contribution in [0.3, 0.4) is 0 Å². The van der Waals surface area contributed by atoms with Crippen LogP contribution in [0.15, 0.2) is 75.5 Å². The first-order valence-corrected chi connectivity index (χ1v) is 14.1. The second-order valence-corrected chi connectivity index (χ2v) is 11.5. The molecule has 1 atom stereocenters. The van der Waals surface area contributed by atoms with Gasteiger partial charge in [0.25, 0.3) is 0 Å². The summed E-state index contributed by atoms with van der Waals surface area (Å²) in [5.41, 5.74) is 10.7. The Balaban J connectivity index is 1.42. The van der Waals surface area contributed by atoms with Gasteiger partial charge in [0, 0.05) is 28.4 Å². The number of aromatic nitrogens is 2. The number of anilines is 2. The summed E-state index contributed by atoms with van der Waals surface area (Å²) in [6.45, 7) is 1.93. The smallest absolute Gasteiger partial charge is 0.234 e. The molecule has 0 saturated heterocycles. The number of nitrogens with one attached hydrogen (secondary N) is 1. The molecule has 2 heterocycles. The van der Waals surface area contributed by atoms with Crippen LogP contribution in [0.1, 0.15) is 36.3 Å². The van der Waals surface area contributed by atoms with Crippen LogP contribution in [0.25, 0.3) is 0 Å². The fourth-order valence-corrected chi connectivity index (χ4v) is 6.48. The molecule has 38 heavy (non-hydrogen) atoms. The number of rotatable bonds is 6. The van der Waals surface area contributed by atoms with Crippen LogP contribution >= 0.6 is 34.7 Å². The second-order valence-electron chi connectivity index (χ2n) is 8.87. The van der Waals surface area contributed by atoms with Crippen molar-refractivity contribution >= 4 is 57.2 Å². The molecule has 2 aliphatic rings. The van der Waals surface area contributed by atoms with E-state index in [4.69, 9.17) is 17.3 Å². The first-order valence-electron chi connectivity index (χ1n) is 11.9. The molecule has 0 fully saturated rings. The number of nitriles is 1. The van der Waals surface area contributed by atoms with Gasteiger partial charge in [0.1, 0.15) is 5.82 Å². The molecule has 11 heteroatoms. The highest BCUT2D eigenvalue weighted by molar-refractivity contribution is 8.01. The molecule has 2 aromatic carbocycles. The number of benzene rings is 2. The molecule has 0 saturated carbocycles. The van der Waals surface area contributed by atoms with Gasteiger partial charge in [-0.2, -0.15) is 5.26 Å². The Morgan fingerprint density at radius 2 is 2.00 bits per heavy atom. The van der Waals surface area contributed by atoms with Crippen molar-refractivity contribution in [2.24, 2.45) is 5.73 Å². The third-order valence-corrected chi connectivity index (χ3v) is 8.74. The predicted octanol–water partition coefficient (Wildman–Crippen LogP) is 5.54. The minimum absolute atomic E-state index is 0.0107. The summed E-state index contributed by atoms with van der Waals surface area (Å²) in [7, 11) is 0. The number of ketones is 1. The third kappa shape index (κ3) is 5.05. The summed E-state index contributed by atoms with van der Waals surface area (Å²) in [6, 6.07) is 16.9. The van der Waals surface area contributed by atoms with Crippen LogP contribution in [0.2, 0.25) is 5.02 Å². The van der Waals surface area contributed by atoms with E-state index in [0.717, 1.165) is 22.5 Å². The number of Topliss-reactive ketones (excluding diaryl/α,β-unsaturated/α-hetero) is 1. The van der Waals surface area contributed by atoms with Gasteiger partial charge in [-0.3, -0.25) is 14.5 Å². The fraction of sp³-hybridized carbons (Fsp3) is 0.222. The normalized spacial score (nSPS) is 17.3. The molecule has 1 aliphatic carbocycles. The molecule has 1 aliphatic heterocycles. The van der Waals surface area contributed by atoms with Crippen LogP contribution in [0.5, 0.6) is 0 Å². The van der Waals surface area contributed by atoms with E-state index >= 15 is 0 Å². The van der Waals surface area contributed by atoms with Crippen molar-refractivity contribution in [3.8, 4) is 6.07 Å². The van der Waals surface area contributed by atoms with Gasteiger partial charge >= 0.3 is 0 Å². The van der Waals surface area contributed by atoms with Crippen LogP contribution in [-0.2, 0) is 9.59 Å². The maximum Gasteiger partial charge on any atom is 0.234 e. The predicted molar refractivity (Wildman–Crippen MR) is 150 cm³/mol. The number of allylic oxidation sites excluding steroid dienone is 3. The summed E-state index contributed by atoms with van der Waals surface area (Å²) in [5.74, 6) is -0.348. The first-order chi connectivity index (χ1) is 18.4. The molecular formula is C27H23ClN6O2S2. The molecule has 0 spiro atoms. The summed E-state index contributed by atoms with van der Waals surface area (Å²) in [6.07, 6.45) is 1.70. The molecule has 8 nitrogen and oxygen atoms in total. The topological polar surface area (TPSA) is 125 Å². The molecule has 1 aromatic heterocycles. The van der Waals surface area contributed by atoms with E-state index in [2.05, 4.69) is 21.6 Å². The van der Waals surface area contributed by atoms with Gasteiger partial charge in [-0.15, -0.1) is 10.2 Å². The fourth-order valence-electron chi connectivity index (χ4n) is 4.67. The molecule has 3 aromatic rings. The quantitative estimate of drug-likeness (QED) is 0.375. The van der Waals surface area contributed by atoms with Gasteiger partial charge in [0.05, 0.1) is 23.3 Å². The number of nitrogens with two attached hydrogens (primary N) is 1. The zero-order valence-electron chi connectivity index (χ0n) is 20.4. The number of para-hydroxylation sites is 1. The van der Waals surface area contributed by atoms with E-state index in [-0.39, 0.29) is 28.8 Å². The molecular weight excluding hydrogens is 540 g/mol. The number of hydrogen-bond donors (Lipinski definition) is 2. The van der Waals surface area contributed by atoms with E-state index in [1.807, 2.05) is 43.3 Å². The number of carbonyl (C=O) groups excluding carboxylic acids is 2. The number of halogens is 1. The van der Waals surface area contributed by atoms with Gasteiger partial charge in [0.2, 0.25) is 11.0 Å². The van der Waals surface area contributed by atoms with E-state index in [1.54, 1.807) is 17.0 Å². The molecule has 5 rings (SSSR count). The monoisotopic (exact) mass is 562 g/mol. The van der Waals surface area contributed by atoms with Crippen molar-refractivity contribution in [2.75, 3.05) is 16.0 Å². The summed E-state index contributed by atoms with van der Waals surface area (Å²) >= 11 is 8.61. The lowest BCUT2D eigenvalue weighted by Gasteiger charge is -2.38. The Kier molecular flexibility index (Phi) is 7.51. The number of hydrogen-bond acceptors (Lipinski definition) is 9. The molecule has 3 N–H and O–H groups in total. The zero-order valence-corrected chi connectivity index (χ0v) is 22.8. The van der Waals surface area contributed by atoms with Gasteiger partial charge in [-0.05, 0) is 49.1 Å². The van der Waals surface area contributed by atoms with Gasteiger partial charge in [-0.25, -0.2) is 0 Å². The van der Waals surface area contributed by atoms with Crippen molar-refractivity contribution in [3.63, 3.8) is 0 Å². The minimum atomic E-state index is -0.566. The maximum absolute atomic E-state index is 13.2. The van der Waals surface area contributed by atoms with Crippen LogP contribution < -0.4 is 16.0 Å². The summed E-state index contributed by atoms with van der Waals surface area (Å²) in [4.78, 5) is 27.4. The zero-order chi connectivity index (χ0) is 26.8. The van der Waals surface area contributed by atoms with Crippen LogP contribution in [0.4, 0.5) is 10.8 Å². The lowest BCUT2D eigenvalue weighted by Crippen LogP contribution is -2.38. The standard InChI is InChI=1S/C27H23ClN6O2S2/c1-15-5-2-3-6-19(15)31-22(36)14-37-27-33-32-26(38-27)34-20-7-4-8-21(35)24(20)23(18(13-29)25(34)30)16-9-11-17(28)12-10-16/h2-3,5-6,9-12,23H,4,7-8,14,30H2,1H3,(H,31,36). The summed E-state index contributed by atoms with van der Waals surface area (Å²) in [5, 5.41) is 22.6. The van der Waals surface area contributed by atoms with Crippen molar-refractivity contribution < 1.29 is 9.59 Å². The van der Waals surface area contributed by atoms with Crippen LogP contribution in [-0.4, -0.2) is 27.6 Å². The number of amides is 1. The second kappa shape index (κ2) is 11.0. The maximum atomic E-state index is 13.2. The van der Waals surface area contributed by atoms with Gasteiger partial charge < -0.3 is 11.1 Å². The summed E-state index contributed by atoms with van der Waals surface area (Å²) < 4.78 is 0.579. The first kappa shape index (κ1) is 26.0. The van der Waals surface area contributed by atoms with Gasteiger partial charge in [0.15, 0.2) is 10.1 Å².